The van der Waals surface area contributed by atoms with Crippen LogP contribution in [0, 0.1) is 0 Å². The van der Waals surface area contributed by atoms with Crippen molar-refractivity contribution in [1.29, 1.82) is 0 Å². The Morgan fingerprint density at radius 1 is 1.37 bits per heavy atom. The molecule has 0 unspecified atom stereocenters. The summed E-state index contributed by atoms with van der Waals surface area (Å²) in [5.74, 6) is 0. The van der Waals surface area contributed by atoms with Gasteiger partial charge in [0.25, 0.3) is 0 Å². The van der Waals surface area contributed by atoms with E-state index in [1.165, 1.54) is 15.6 Å². The largest absolute Gasteiger partial charge is 0.308 e. The molecule has 0 aliphatic heterocycles. The molecule has 0 bridgehead atoms. The van der Waals surface area contributed by atoms with Gasteiger partial charge < -0.3 is 5.32 Å². The summed E-state index contributed by atoms with van der Waals surface area (Å²) in [6.07, 6.45) is 1.93. The molecule has 1 rings (SSSR count). The fourth-order valence-corrected chi connectivity index (χ4v) is 2.32. The standard InChI is InChI=1S/C16H25BrN2/c1-6-9-19(5)12-14-8-7-13(10-15(14)17)11-18-16(2,3)4/h6-8,10,18H,1,9,11-12H2,2-5H3. The van der Waals surface area contributed by atoms with Crippen LogP contribution in [0.3, 0.4) is 0 Å². The quantitative estimate of drug-likeness (QED) is 0.797. The topological polar surface area (TPSA) is 15.3 Å². The Morgan fingerprint density at radius 3 is 2.58 bits per heavy atom. The minimum absolute atomic E-state index is 0.148. The normalized spacial score (nSPS) is 11.9. The van der Waals surface area contributed by atoms with E-state index in [1.807, 2.05) is 6.08 Å². The van der Waals surface area contributed by atoms with Gasteiger partial charge in [-0.15, -0.1) is 6.58 Å². The SMILES string of the molecule is C=CCN(C)Cc1ccc(CNC(C)(C)C)cc1Br. The predicted molar refractivity (Wildman–Crippen MR) is 87.3 cm³/mol. The van der Waals surface area contributed by atoms with Gasteiger partial charge in [0, 0.05) is 29.6 Å². The molecular formula is C16H25BrN2. The molecule has 0 saturated heterocycles. The average molecular weight is 325 g/mol. The van der Waals surface area contributed by atoms with Gasteiger partial charge in [0.15, 0.2) is 0 Å². The maximum atomic E-state index is 3.76. The summed E-state index contributed by atoms with van der Waals surface area (Å²) in [5.41, 5.74) is 2.76. The number of nitrogens with one attached hydrogen (secondary N) is 1. The van der Waals surface area contributed by atoms with Crippen LogP contribution in [-0.2, 0) is 13.1 Å². The van der Waals surface area contributed by atoms with Gasteiger partial charge in [-0.3, -0.25) is 4.90 Å². The molecule has 0 radical (unpaired) electrons. The van der Waals surface area contributed by atoms with E-state index in [4.69, 9.17) is 0 Å². The molecule has 0 aliphatic carbocycles. The predicted octanol–water partition coefficient (Wildman–Crippen LogP) is 3.96. The summed E-state index contributed by atoms with van der Waals surface area (Å²) in [6, 6.07) is 6.60. The zero-order valence-corrected chi connectivity index (χ0v) is 14.0. The molecule has 19 heavy (non-hydrogen) atoms. The van der Waals surface area contributed by atoms with Crippen LogP contribution in [-0.4, -0.2) is 24.0 Å². The summed E-state index contributed by atoms with van der Waals surface area (Å²) < 4.78 is 1.18. The molecule has 3 heteroatoms. The van der Waals surface area contributed by atoms with E-state index in [1.54, 1.807) is 0 Å². The maximum Gasteiger partial charge on any atom is 0.0245 e. The van der Waals surface area contributed by atoms with Crippen LogP contribution in [0.25, 0.3) is 0 Å². The van der Waals surface area contributed by atoms with E-state index in [0.717, 1.165) is 19.6 Å². The summed E-state index contributed by atoms with van der Waals surface area (Å²) in [6.45, 7) is 13.0. The second-order valence-electron chi connectivity index (χ2n) is 6.01. The third-order valence-corrected chi connectivity index (χ3v) is 3.56. The highest BCUT2D eigenvalue weighted by Crippen LogP contribution is 2.20. The minimum Gasteiger partial charge on any atom is -0.308 e. The lowest BCUT2D eigenvalue weighted by Crippen LogP contribution is -2.35. The zero-order chi connectivity index (χ0) is 14.5. The van der Waals surface area contributed by atoms with Crippen molar-refractivity contribution >= 4 is 15.9 Å². The monoisotopic (exact) mass is 324 g/mol. The van der Waals surface area contributed by atoms with Gasteiger partial charge >= 0.3 is 0 Å². The lowest BCUT2D eigenvalue weighted by Gasteiger charge is -2.21. The number of benzene rings is 1. The molecule has 0 saturated carbocycles. The van der Waals surface area contributed by atoms with Gasteiger partial charge in [-0.05, 0) is 45.0 Å². The Morgan fingerprint density at radius 2 is 2.05 bits per heavy atom. The van der Waals surface area contributed by atoms with Gasteiger partial charge in [0.1, 0.15) is 0 Å². The molecule has 1 aromatic carbocycles. The third-order valence-electron chi connectivity index (χ3n) is 2.82. The van der Waals surface area contributed by atoms with Crippen LogP contribution in [0.1, 0.15) is 31.9 Å². The second-order valence-corrected chi connectivity index (χ2v) is 6.87. The minimum atomic E-state index is 0.148. The van der Waals surface area contributed by atoms with Crippen molar-refractivity contribution in [2.75, 3.05) is 13.6 Å². The van der Waals surface area contributed by atoms with Crippen molar-refractivity contribution in [3.8, 4) is 0 Å². The van der Waals surface area contributed by atoms with E-state index in [-0.39, 0.29) is 5.54 Å². The van der Waals surface area contributed by atoms with E-state index in [9.17, 15) is 0 Å². The maximum absolute atomic E-state index is 3.76. The number of hydrogen-bond acceptors (Lipinski definition) is 2. The van der Waals surface area contributed by atoms with Gasteiger partial charge in [-0.1, -0.05) is 34.1 Å². The smallest absolute Gasteiger partial charge is 0.0245 e. The molecule has 2 nitrogen and oxygen atoms in total. The van der Waals surface area contributed by atoms with E-state index < -0.39 is 0 Å². The van der Waals surface area contributed by atoms with Crippen LogP contribution in [0.4, 0.5) is 0 Å². The zero-order valence-electron chi connectivity index (χ0n) is 12.5. The number of nitrogens with zero attached hydrogens (tertiary/aromatic N) is 1. The van der Waals surface area contributed by atoms with Crippen molar-refractivity contribution < 1.29 is 0 Å². The Bertz CT molecular complexity index is 421. The van der Waals surface area contributed by atoms with Crippen LogP contribution in [0.15, 0.2) is 35.3 Å². The Hall–Kier alpha value is -0.640. The highest BCUT2D eigenvalue weighted by molar-refractivity contribution is 9.10. The van der Waals surface area contributed by atoms with Gasteiger partial charge in [-0.25, -0.2) is 0 Å². The lowest BCUT2D eigenvalue weighted by atomic mass is 10.1. The van der Waals surface area contributed by atoms with Gasteiger partial charge in [0.2, 0.25) is 0 Å². The average Bonchev–Trinajstić information content (AvgIpc) is 2.29. The first kappa shape index (κ1) is 16.4. The molecule has 0 aromatic heterocycles. The van der Waals surface area contributed by atoms with Crippen LogP contribution in [0.2, 0.25) is 0 Å². The molecule has 1 N–H and O–H groups in total. The molecule has 0 fully saturated rings. The molecule has 0 aliphatic rings. The molecule has 106 valence electrons. The number of halogens is 1. The lowest BCUT2D eigenvalue weighted by molar-refractivity contribution is 0.363. The second kappa shape index (κ2) is 7.22. The number of hydrogen-bond donors (Lipinski definition) is 1. The summed E-state index contributed by atoms with van der Waals surface area (Å²) >= 11 is 3.67. The van der Waals surface area contributed by atoms with Crippen molar-refractivity contribution in [2.45, 2.75) is 39.4 Å². The highest BCUT2D eigenvalue weighted by atomic mass is 79.9. The summed E-state index contributed by atoms with van der Waals surface area (Å²) in [7, 11) is 2.10. The fourth-order valence-electron chi connectivity index (χ4n) is 1.77. The first-order chi connectivity index (χ1) is 8.81. The van der Waals surface area contributed by atoms with Crippen LogP contribution >= 0.6 is 15.9 Å². The van der Waals surface area contributed by atoms with Gasteiger partial charge in [0.05, 0.1) is 0 Å². The summed E-state index contributed by atoms with van der Waals surface area (Å²) in [4.78, 5) is 2.24. The van der Waals surface area contributed by atoms with Crippen molar-refractivity contribution in [1.82, 2.24) is 10.2 Å². The Balaban J connectivity index is 2.66. The first-order valence-electron chi connectivity index (χ1n) is 6.63. The van der Waals surface area contributed by atoms with Gasteiger partial charge in [-0.2, -0.15) is 0 Å². The number of likely N-dealkylation sites (N-methyl/N-ethyl adjacent to an activating group) is 1. The molecule has 1 aromatic rings. The molecule has 0 spiro atoms. The Kier molecular flexibility index (Phi) is 6.24. The fraction of sp³-hybridized carbons (Fsp3) is 0.500. The molecule has 0 atom stereocenters. The van der Waals surface area contributed by atoms with Crippen molar-refractivity contribution in [3.63, 3.8) is 0 Å². The third kappa shape index (κ3) is 6.37. The van der Waals surface area contributed by atoms with E-state index in [0.29, 0.717) is 0 Å². The molecule has 0 heterocycles. The van der Waals surface area contributed by atoms with E-state index >= 15 is 0 Å². The molecular weight excluding hydrogens is 300 g/mol. The van der Waals surface area contributed by atoms with E-state index in [2.05, 4.69) is 78.7 Å². The van der Waals surface area contributed by atoms with Crippen molar-refractivity contribution in [2.24, 2.45) is 0 Å². The highest BCUT2D eigenvalue weighted by Gasteiger charge is 2.09. The Labute approximate surface area is 126 Å². The summed E-state index contributed by atoms with van der Waals surface area (Å²) in [5, 5.41) is 3.50. The van der Waals surface area contributed by atoms with Crippen LogP contribution in [0.5, 0.6) is 0 Å². The van der Waals surface area contributed by atoms with Crippen molar-refractivity contribution in [3.05, 3.63) is 46.5 Å². The van der Waals surface area contributed by atoms with Crippen LogP contribution < -0.4 is 5.32 Å². The molecule has 0 amide bonds. The first-order valence-corrected chi connectivity index (χ1v) is 7.43. The number of rotatable bonds is 6.